The summed E-state index contributed by atoms with van der Waals surface area (Å²) < 4.78 is 5.43. The molecule has 0 spiro atoms. The molecule has 0 atom stereocenters. The van der Waals surface area contributed by atoms with Gasteiger partial charge in [-0.1, -0.05) is 32.0 Å². The fraction of sp³-hybridized carbons (Fsp3) is 0.389. The lowest BCUT2D eigenvalue weighted by atomic mass is 9.94. The zero-order valence-corrected chi connectivity index (χ0v) is 13.2. The Balaban J connectivity index is 2.70. The Kier molecular flexibility index (Phi) is 4.97. The third-order valence-electron chi connectivity index (χ3n) is 3.92. The largest absolute Gasteiger partial charge is 0.496 e. The average molecular weight is 285 g/mol. The normalized spacial score (nSPS) is 10.7. The first-order valence-corrected chi connectivity index (χ1v) is 7.42. The third-order valence-corrected chi connectivity index (χ3v) is 3.92. The van der Waals surface area contributed by atoms with Crippen LogP contribution in [0.5, 0.6) is 5.75 Å². The molecule has 0 aliphatic carbocycles. The number of rotatable bonds is 5. The van der Waals surface area contributed by atoms with Crippen molar-refractivity contribution < 1.29 is 9.84 Å². The van der Waals surface area contributed by atoms with Gasteiger partial charge >= 0.3 is 0 Å². The van der Waals surface area contributed by atoms with Crippen LogP contribution in [-0.4, -0.2) is 17.2 Å². The minimum Gasteiger partial charge on any atom is -0.496 e. The molecule has 21 heavy (non-hydrogen) atoms. The summed E-state index contributed by atoms with van der Waals surface area (Å²) in [6.45, 7) is 6.17. The molecule has 0 aliphatic heterocycles. The number of nitrogens with zero attached hydrogens (tertiary/aromatic N) is 1. The zero-order chi connectivity index (χ0) is 15.4. The molecule has 1 heterocycles. The van der Waals surface area contributed by atoms with Crippen LogP contribution in [0.1, 0.15) is 36.2 Å². The number of aliphatic hydroxyl groups excluding tert-OH is 1. The number of aryl methyl sites for hydroxylation is 3. The van der Waals surface area contributed by atoms with Gasteiger partial charge < -0.3 is 9.84 Å². The summed E-state index contributed by atoms with van der Waals surface area (Å²) in [5, 5.41) is 9.47. The number of aliphatic hydroxyl groups is 1. The van der Waals surface area contributed by atoms with Crippen LogP contribution in [0.2, 0.25) is 0 Å². The van der Waals surface area contributed by atoms with Crippen molar-refractivity contribution in [1.29, 1.82) is 0 Å². The highest BCUT2D eigenvalue weighted by Crippen LogP contribution is 2.32. The third kappa shape index (κ3) is 2.93. The van der Waals surface area contributed by atoms with E-state index in [4.69, 9.17) is 9.72 Å². The van der Waals surface area contributed by atoms with Crippen molar-refractivity contribution in [2.45, 2.75) is 40.2 Å². The van der Waals surface area contributed by atoms with Gasteiger partial charge in [0.15, 0.2) is 0 Å². The summed E-state index contributed by atoms with van der Waals surface area (Å²) in [4.78, 5) is 4.70. The highest BCUT2D eigenvalue weighted by atomic mass is 16.5. The highest BCUT2D eigenvalue weighted by molar-refractivity contribution is 5.70. The van der Waals surface area contributed by atoms with Crippen LogP contribution >= 0.6 is 0 Å². The molecule has 3 heteroatoms. The summed E-state index contributed by atoms with van der Waals surface area (Å²) in [5.41, 5.74) is 6.29. The van der Waals surface area contributed by atoms with Crippen molar-refractivity contribution in [2.24, 2.45) is 0 Å². The van der Waals surface area contributed by atoms with Gasteiger partial charge in [-0.25, -0.2) is 0 Å². The van der Waals surface area contributed by atoms with E-state index >= 15 is 0 Å². The summed E-state index contributed by atoms with van der Waals surface area (Å²) >= 11 is 0. The lowest BCUT2D eigenvalue weighted by Gasteiger charge is -2.16. The maximum atomic E-state index is 9.47. The second-order valence-electron chi connectivity index (χ2n) is 5.09. The second kappa shape index (κ2) is 6.72. The molecule has 0 amide bonds. The number of benzene rings is 1. The van der Waals surface area contributed by atoms with Gasteiger partial charge in [-0.3, -0.25) is 4.98 Å². The molecule has 0 bridgehead atoms. The van der Waals surface area contributed by atoms with E-state index in [9.17, 15) is 5.11 Å². The fourth-order valence-corrected chi connectivity index (χ4v) is 2.74. The first-order valence-electron chi connectivity index (χ1n) is 7.42. The quantitative estimate of drug-likeness (QED) is 0.911. The van der Waals surface area contributed by atoms with Crippen LogP contribution < -0.4 is 4.74 Å². The Hall–Kier alpha value is -1.87. The van der Waals surface area contributed by atoms with Crippen molar-refractivity contribution in [3.05, 3.63) is 46.6 Å². The Labute approximate surface area is 126 Å². The van der Waals surface area contributed by atoms with Gasteiger partial charge in [0, 0.05) is 22.9 Å². The van der Waals surface area contributed by atoms with Gasteiger partial charge in [-0.2, -0.15) is 0 Å². The molecule has 1 aromatic carbocycles. The molecular weight excluding hydrogens is 262 g/mol. The van der Waals surface area contributed by atoms with E-state index in [-0.39, 0.29) is 6.61 Å². The average Bonchev–Trinajstić information content (AvgIpc) is 2.52. The van der Waals surface area contributed by atoms with Crippen LogP contribution in [0, 0.1) is 6.92 Å². The number of methoxy groups -OCH3 is 1. The van der Waals surface area contributed by atoms with Gasteiger partial charge in [-0.15, -0.1) is 0 Å². The van der Waals surface area contributed by atoms with E-state index in [0.717, 1.165) is 29.8 Å². The monoisotopic (exact) mass is 285 g/mol. The van der Waals surface area contributed by atoms with Crippen molar-refractivity contribution in [2.75, 3.05) is 7.11 Å². The summed E-state index contributed by atoms with van der Waals surface area (Å²) in [7, 11) is 1.63. The molecule has 0 radical (unpaired) electrons. The predicted octanol–water partition coefficient (Wildman–Crippen LogP) is 3.68. The van der Waals surface area contributed by atoms with E-state index in [2.05, 4.69) is 32.0 Å². The van der Waals surface area contributed by atoms with Gasteiger partial charge in [0.05, 0.1) is 19.4 Å². The number of ether oxygens (including phenoxy) is 1. The fourth-order valence-electron chi connectivity index (χ4n) is 2.74. The van der Waals surface area contributed by atoms with Gasteiger partial charge in [0.1, 0.15) is 5.75 Å². The number of hydrogen-bond acceptors (Lipinski definition) is 3. The van der Waals surface area contributed by atoms with Crippen LogP contribution in [0.25, 0.3) is 11.3 Å². The van der Waals surface area contributed by atoms with Crippen molar-refractivity contribution in [1.82, 2.24) is 4.98 Å². The lowest BCUT2D eigenvalue weighted by molar-refractivity contribution is 0.272. The van der Waals surface area contributed by atoms with Gasteiger partial charge in [0.2, 0.25) is 0 Å². The molecule has 0 fully saturated rings. The zero-order valence-electron chi connectivity index (χ0n) is 13.2. The van der Waals surface area contributed by atoms with Crippen LogP contribution in [0.15, 0.2) is 24.3 Å². The Morgan fingerprint density at radius 2 is 1.76 bits per heavy atom. The van der Waals surface area contributed by atoms with E-state index < -0.39 is 0 Å². The molecule has 0 saturated carbocycles. The van der Waals surface area contributed by atoms with Crippen LogP contribution in [0.3, 0.4) is 0 Å². The number of hydrogen-bond donors (Lipinski definition) is 1. The molecule has 0 unspecified atom stereocenters. The lowest BCUT2D eigenvalue weighted by Crippen LogP contribution is -2.02. The predicted molar refractivity (Wildman–Crippen MR) is 85.6 cm³/mol. The maximum Gasteiger partial charge on any atom is 0.128 e. The van der Waals surface area contributed by atoms with Crippen LogP contribution in [-0.2, 0) is 19.4 Å². The minimum absolute atomic E-state index is 0.0572. The summed E-state index contributed by atoms with van der Waals surface area (Å²) in [5.74, 6) is 0.702. The molecule has 112 valence electrons. The highest BCUT2D eigenvalue weighted by Gasteiger charge is 2.15. The van der Waals surface area contributed by atoms with E-state index in [1.807, 2.05) is 13.0 Å². The Morgan fingerprint density at radius 1 is 1.14 bits per heavy atom. The van der Waals surface area contributed by atoms with E-state index in [1.165, 1.54) is 16.7 Å². The smallest absolute Gasteiger partial charge is 0.128 e. The molecule has 2 rings (SSSR count). The van der Waals surface area contributed by atoms with Crippen molar-refractivity contribution >= 4 is 0 Å². The van der Waals surface area contributed by atoms with E-state index in [0.29, 0.717) is 5.75 Å². The molecular formula is C18H23NO2. The first-order chi connectivity index (χ1) is 10.2. The maximum absolute atomic E-state index is 9.47. The molecule has 1 aromatic heterocycles. The summed E-state index contributed by atoms with van der Waals surface area (Å²) in [6, 6.07) is 8.34. The standard InChI is InChI=1S/C18H23NO2/c1-5-13-8-7-9-14(6-2)18(13)16-10-17(21-4)15(11-20)12(3)19-16/h7-10,20H,5-6,11H2,1-4H3. The molecule has 1 N–H and O–H groups in total. The summed E-state index contributed by atoms with van der Waals surface area (Å²) in [6.07, 6.45) is 1.93. The van der Waals surface area contributed by atoms with Crippen molar-refractivity contribution in [3.63, 3.8) is 0 Å². The molecule has 2 aromatic rings. The topological polar surface area (TPSA) is 42.4 Å². The second-order valence-corrected chi connectivity index (χ2v) is 5.09. The minimum atomic E-state index is -0.0572. The molecule has 0 saturated heterocycles. The van der Waals surface area contributed by atoms with E-state index in [1.54, 1.807) is 7.11 Å². The number of pyridine rings is 1. The van der Waals surface area contributed by atoms with Gasteiger partial charge in [-0.05, 0) is 30.9 Å². The SMILES string of the molecule is CCc1cccc(CC)c1-c1cc(OC)c(CO)c(C)n1. The number of aromatic nitrogens is 1. The van der Waals surface area contributed by atoms with Crippen molar-refractivity contribution in [3.8, 4) is 17.0 Å². The van der Waals surface area contributed by atoms with Gasteiger partial charge in [0.25, 0.3) is 0 Å². The Bertz CT molecular complexity index is 613. The molecule has 0 aliphatic rings. The molecule has 3 nitrogen and oxygen atoms in total. The first kappa shape index (κ1) is 15.5. The van der Waals surface area contributed by atoms with Crippen LogP contribution in [0.4, 0.5) is 0 Å². The Morgan fingerprint density at radius 3 is 2.24 bits per heavy atom.